The van der Waals surface area contributed by atoms with Gasteiger partial charge in [0.25, 0.3) is 0 Å². The molecule has 2 rings (SSSR count). The van der Waals surface area contributed by atoms with E-state index in [1.165, 1.54) is 0 Å². The van der Waals surface area contributed by atoms with Gasteiger partial charge < -0.3 is 16.2 Å². The molecule has 2 aromatic carbocycles. The Morgan fingerprint density at radius 3 is 2.62 bits per heavy atom. The van der Waals surface area contributed by atoms with Gasteiger partial charge in [0.1, 0.15) is 0 Å². The van der Waals surface area contributed by atoms with Crippen LogP contribution in [0.1, 0.15) is 17.2 Å². The fraction of sp³-hybridized carbons (Fsp3) is 0.188. The smallest absolute Gasteiger partial charge is 0.224 e. The van der Waals surface area contributed by atoms with Gasteiger partial charge in [-0.2, -0.15) is 0 Å². The molecule has 2 aromatic rings. The molecule has 0 spiro atoms. The van der Waals surface area contributed by atoms with Crippen molar-refractivity contribution in [1.82, 2.24) is 5.32 Å². The number of aliphatic hydroxyl groups is 1. The van der Waals surface area contributed by atoms with E-state index in [-0.39, 0.29) is 18.9 Å². The van der Waals surface area contributed by atoms with Gasteiger partial charge in [-0.15, -0.1) is 0 Å². The van der Waals surface area contributed by atoms with Crippen LogP contribution in [0.15, 0.2) is 48.5 Å². The number of hydrogen-bond donors (Lipinski definition) is 3. The molecule has 0 bridgehead atoms. The Bertz CT molecular complexity index is 614. The molecule has 1 unspecified atom stereocenters. The van der Waals surface area contributed by atoms with E-state index < -0.39 is 6.10 Å². The summed E-state index contributed by atoms with van der Waals surface area (Å²) in [5.41, 5.74) is 7.77. The van der Waals surface area contributed by atoms with Crippen LogP contribution in [0.2, 0.25) is 5.02 Å². The minimum atomic E-state index is -0.756. The minimum Gasteiger partial charge on any atom is -0.399 e. The lowest BCUT2D eigenvalue weighted by molar-refractivity contribution is -0.120. The van der Waals surface area contributed by atoms with E-state index in [1.54, 1.807) is 42.5 Å². The minimum absolute atomic E-state index is 0.156. The van der Waals surface area contributed by atoms with Crippen LogP contribution in [0, 0.1) is 0 Å². The highest BCUT2D eigenvalue weighted by Crippen LogP contribution is 2.14. The van der Waals surface area contributed by atoms with E-state index in [0.717, 1.165) is 5.56 Å². The van der Waals surface area contributed by atoms with Gasteiger partial charge in [-0.05, 0) is 35.4 Å². The Balaban J connectivity index is 1.84. The second kappa shape index (κ2) is 7.11. The molecule has 1 atom stereocenters. The van der Waals surface area contributed by atoms with E-state index in [9.17, 15) is 9.90 Å². The third-order valence-electron chi connectivity index (χ3n) is 3.07. The number of anilines is 1. The standard InChI is InChI=1S/C16H17ClN2O2/c17-13-3-1-2-11(8-13)9-16(21)19-10-15(20)12-4-6-14(18)7-5-12/h1-8,15,20H,9-10,18H2,(H,19,21). The average molecular weight is 305 g/mol. The van der Waals surface area contributed by atoms with Gasteiger partial charge in [-0.25, -0.2) is 0 Å². The van der Waals surface area contributed by atoms with Crippen molar-refractivity contribution in [3.05, 3.63) is 64.7 Å². The summed E-state index contributed by atoms with van der Waals surface area (Å²) in [6.45, 7) is 0.156. The molecule has 0 heterocycles. The summed E-state index contributed by atoms with van der Waals surface area (Å²) < 4.78 is 0. The number of nitrogens with one attached hydrogen (secondary N) is 1. The first kappa shape index (κ1) is 15.4. The number of aliphatic hydroxyl groups excluding tert-OH is 1. The Morgan fingerprint density at radius 2 is 1.95 bits per heavy atom. The van der Waals surface area contributed by atoms with Crippen LogP contribution in [0.4, 0.5) is 5.69 Å². The molecule has 5 heteroatoms. The predicted molar refractivity (Wildman–Crippen MR) is 84.0 cm³/mol. The van der Waals surface area contributed by atoms with Gasteiger partial charge in [-0.1, -0.05) is 35.9 Å². The van der Waals surface area contributed by atoms with Crippen molar-refractivity contribution in [2.45, 2.75) is 12.5 Å². The van der Waals surface area contributed by atoms with Gasteiger partial charge in [0.2, 0.25) is 5.91 Å². The number of carbonyl (C=O) groups is 1. The van der Waals surface area contributed by atoms with Crippen LogP contribution in [0.25, 0.3) is 0 Å². The van der Waals surface area contributed by atoms with Crippen LogP contribution in [0.3, 0.4) is 0 Å². The van der Waals surface area contributed by atoms with Crippen LogP contribution >= 0.6 is 11.6 Å². The first-order valence-corrected chi connectivity index (χ1v) is 6.97. The Morgan fingerprint density at radius 1 is 1.24 bits per heavy atom. The first-order valence-electron chi connectivity index (χ1n) is 6.59. The van der Waals surface area contributed by atoms with E-state index in [1.807, 2.05) is 6.07 Å². The molecular formula is C16H17ClN2O2. The third-order valence-corrected chi connectivity index (χ3v) is 3.30. The Labute approximate surface area is 128 Å². The molecule has 0 aliphatic rings. The Hall–Kier alpha value is -2.04. The normalized spacial score (nSPS) is 11.9. The number of amides is 1. The van der Waals surface area contributed by atoms with Crippen LogP contribution in [0.5, 0.6) is 0 Å². The van der Waals surface area contributed by atoms with Crippen LogP contribution in [-0.2, 0) is 11.2 Å². The lowest BCUT2D eigenvalue weighted by Crippen LogP contribution is -2.29. The van der Waals surface area contributed by atoms with Crippen molar-refractivity contribution in [2.24, 2.45) is 0 Å². The predicted octanol–water partition coefficient (Wildman–Crippen LogP) is 2.31. The average Bonchev–Trinajstić information content (AvgIpc) is 2.45. The molecule has 4 N–H and O–H groups in total. The molecule has 0 radical (unpaired) electrons. The molecule has 4 nitrogen and oxygen atoms in total. The van der Waals surface area contributed by atoms with Gasteiger partial charge in [0.15, 0.2) is 0 Å². The van der Waals surface area contributed by atoms with Crippen molar-refractivity contribution in [2.75, 3.05) is 12.3 Å². The highest BCUT2D eigenvalue weighted by molar-refractivity contribution is 6.30. The quantitative estimate of drug-likeness (QED) is 0.742. The molecule has 21 heavy (non-hydrogen) atoms. The molecule has 0 aliphatic carbocycles. The Kier molecular flexibility index (Phi) is 5.20. The molecule has 0 saturated carbocycles. The zero-order chi connectivity index (χ0) is 15.2. The maximum atomic E-state index is 11.8. The van der Waals surface area contributed by atoms with E-state index >= 15 is 0 Å². The van der Waals surface area contributed by atoms with Crippen molar-refractivity contribution in [3.63, 3.8) is 0 Å². The highest BCUT2D eigenvalue weighted by atomic mass is 35.5. The zero-order valence-corrected chi connectivity index (χ0v) is 12.2. The summed E-state index contributed by atoms with van der Waals surface area (Å²) in [5, 5.41) is 13.3. The first-order chi connectivity index (χ1) is 10.0. The monoisotopic (exact) mass is 304 g/mol. The number of hydrogen-bond acceptors (Lipinski definition) is 3. The molecular weight excluding hydrogens is 288 g/mol. The molecule has 0 aromatic heterocycles. The van der Waals surface area contributed by atoms with E-state index in [4.69, 9.17) is 17.3 Å². The topological polar surface area (TPSA) is 75.3 Å². The van der Waals surface area contributed by atoms with Gasteiger partial charge in [0, 0.05) is 17.3 Å². The number of carbonyl (C=O) groups excluding carboxylic acids is 1. The highest BCUT2D eigenvalue weighted by Gasteiger charge is 2.10. The van der Waals surface area contributed by atoms with Gasteiger partial charge >= 0.3 is 0 Å². The SMILES string of the molecule is Nc1ccc(C(O)CNC(=O)Cc2cccc(Cl)c2)cc1. The maximum Gasteiger partial charge on any atom is 0.224 e. The second-order valence-corrected chi connectivity index (χ2v) is 5.23. The summed E-state index contributed by atoms with van der Waals surface area (Å²) in [7, 11) is 0. The summed E-state index contributed by atoms with van der Waals surface area (Å²) in [6.07, 6.45) is -0.524. The molecule has 0 aliphatic heterocycles. The van der Waals surface area contributed by atoms with Crippen LogP contribution < -0.4 is 11.1 Å². The molecule has 0 fully saturated rings. The summed E-state index contributed by atoms with van der Waals surface area (Å²) >= 11 is 5.87. The maximum absolute atomic E-state index is 11.8. The number of rotatable bonds is 5. The summed E-state index contributed by atoms with van der Waals surface area (Å²) in [5.74, 6) is -0.160. The fourth-order valence-electron chi connectivity index (χ4n) is 1.94. The number of nitrogen functional groups attached to an aromatic ring is 1. The zero-order valence-electron chi connectivity index (χ0n) is 11.4. The van der Waals surface area contributed by atoms with Crippen molar-refractivity contribution < 1.29 is 9.90 Å². The summed E-state index contributed by atoms with van der Waals surface area (Å²) in [4.78, 5) is 11.8. The molecule has 1 amide bonds. The lowest BCUT2D eigenvalue weighted by Gasteiger charge is -2.12. The van der Waals surface area contributed by atoms with Gasteiger partial charge in [0.05, 0.1) is 12.5 Å². The lowest BCUT2D eigenvalue weighted by atomic mass is 10.1. The van der Waals surface area contributed by atoms with Crippen molar-refractivity contribution >= 4 is 23.2 Å². The number of halogens is 1. The molecule has 110 valence electrons. The fourth-order valence-corrected chi connectivity index (χ4v) is 2.15. The van der Waals surface area contributed by atoms with Crippen molar-refractivity contribution in [1.29, 1.82) is 0 Å². The second-order valence-electron chi connectivity index (χ2n) is 4.79. The number of benzene rings is 2. The van der Waals surface area contributed by atoms with Crippen LogP contribution in [-0.4, -0.2) is 17.6 Å². The van der Waals surface area contributed by atoms with E-state index in [2.05, 4.69) is 5.32 Å². The third kappa shape index (κ3) is 4.77. The number of nitrogens with two attached hydrogens (primary N) is 1. The van der Waals surface area contributed by atoms with Gasteiger partial charge in [-0.3, -0.25) is 4.79 Å². The summed E-state index contributed by atoms with van der Waals surface area (Å²) in [6, 6.07) is 14.0. The van der Waals surface area contributed by atoms with E-state index in [0.29, 0.717) is 16.3 Å². The van der Waals surface area contributed by atoms with Crippen molar-refractivity contribution in [3.8, 4) is 0 Å². The molecule has 0 saturated heterocycles. The largest absolute Gasteiger partial charge is 0.399 e.